The van der Waals surface area contributed by atoms with Crippen molar-refractivity contribution in [3.8, 4) is 0 Å². The predicted octanol–water partition coefficient (Wildman–Crippen LogP) is -0.923. The lowest BCUT2D eigenvalue weighted by Gasteiger charge is -2.09. The van der Waals surface area contributed by atoms with E-state index < -0.39 is 15.1 Å². The second kappa shape index (κ2) is 4.05. The van der Waals surface area contributed by atoms with Crippen molar-refractivity contribution in [2.75, 3.05) is 6.54 Å². The molecule has 0 fully saturated rings. The summed E-state index contributed by atoms with van der Waals surface area (Å²) in [6, 6.07) is 0. The van der Waals surface area contributed by atoms with Gasteiger partial charge in [-0.05, 0) is 6.92 Å². The van der Waals surface area contributed by atoms with Gasteiger partial charge in [0.05, 0.1) is 5.25 Å². The van der Waals surface area contributed by atoms with E-state index in [1.807, 2.05) is 0 Å². The lowest BCUT2D eigenvalue weighted by atomic mass is 10.5. The maximum atomic E-state index is 11.6. The predicted molar refractivity (Wildman–Crippen MR) is 52.1 cm³/mol. The molecule has 0 aliphatic rings. The van der Waals surface area contributed by atoms with E-state index in [0.29, 0.717) is 5.82 Å². The molecule has 1 atom stereocenters. The SMILES string of the molecule is CC(CN)S(=O)(=O)Cc1ncnn1C. The van der Waals surface area contributed by atoms with Crippen LogP contribution in [-0.4, -0.2) is 35.0 Å². The van der Waals surface area contributed by atoms with Crippen molar-refractivity contribution in [3.63, 3.8) is 0 Å². The number of nitrogens with zero attached hydrogens (tertiary/aromatic N) is 3. The summed E-state index contributed by atoms with van der Waals surface area (Å²) in [6.45, 7) is 1.71. The fourth-order valence-corrected chi connectivity index (χ4v) is 2.12. The van der Waals surface area contributed by atoms with Gasteiger partial charge < -0.3 is 5.73 Å². The van der Waals surface area contributed by atoms with Crippen LogP contribution in [0.4, 0.5) is 0 Å². The quantitative estimate of drug-likeness (QED) is 0.705. The third-order valence-electron chi connectivity index (χ3n) is 2.08. The van der Waals surface area contributed by atoms with E-state index in [1.165, 1.54) is 11.0 Å². The first kappa shape index (κ1) is 11.1. The van der Waals surface area contributed by atoms with Crippen LogP contribution in [-0.2, 0) is 22.6 Å². The van der Waals surface area contributed by atoms with Gasteiger partial charge in [0.2, 0.25) is 0 Å². The third kappa shape index (κ3) is 2.30. The Morgan fingerprint density at radius 3 is 2.71 bits per heavy atom. The largest absolute Gasteiger partial charge is 0.329 e. The minimum Gasteiger partial charge on any atom is -0.329 e. The summed E-state index contributed by atoms with van der Waals surface area (Å²) in [6.07, 6.45) is 1.33. The first-order valence-electron chi connectivity index (χ1n) is 4.22. The van der Waals surface area contributed by atoms with E-state index in [0.717, 1.165) is 0 Å². The van der Waals surface area contributed by atoms with E-state index >= 15 is 0 Å². The normalized spacial score (nSPS) is 14.2. The highest BCUT2D eigenvalue weighted by atomic mass is 32.2. The summed E-state index contributed by atoms with van der Waals surface area (Å²) >= 11 is 0. The molecule has 14 heavy (non-hydrogen) atoms. The summed E-state index contributed by atoms with van der Waals surface area (Å²) < 4.78 is 24.7. The van der Waals surface area contributed by atoms with E-state index in [-0.39, 0.29) is 12.3 Å². The molecular formula is C7H14N4O2S. The minimum atomic E-state index is -3.20. The molecule has 0 bridgehead atoms. The standard InChI is InChI=1S/C7H14N4O2S/c1-6(3-8)14(12,13)4-7-9-5-10-11(7)2/h5-6H,3-4,8H2,1-2H3. The molecule has 1 aromatic rings. The summed E-state index contributed by atoms with van der Waals surface area (Å²) in [4.78, 5) is 3.85. The Morgan fingerprint density at radius 1 is 1.64 bits per heavy atom. The molecule has 1 heterocycles. The van der Waals surface area contributed by atoms with Crippen LogP contribution in [0.15, 0.2) is 6.33 Å². The van der Waals surface area contributed by atoms with E-state index in [1.54, 1.807) is 14.0 Å². The number of aryl methyl sites for hydroxylation is 1. The molecule has 0 aliphatic carbocycles. The van der Waals surface area contributed by atoms with Gasteiger partial charge in [-0.3, -0.25) is 4.68 Å². The average Bonchev–Trinajstić information content (AvgIpc) is 2.50. The maximum Gasteiger partial charge on any atom is 0.161 e. The molecule has 1 unspecified atom stereocenters. The number of hydrogen-bond donors (Lipinski definition) is 1. The zero-order valence-corrected chi connectivity index (χ0v) is 9.03. The van der Waals surface area contributed by atoms with Gasteiger partial charge >= 0.3 is 0 Å². The van der Waals surface area contributed by atoms with Gasteiger partial charge in [-0.15, -0.1) is 0 Å². The Balaban J connectivity index is 2.84. The van der Waals surface area contributed by atoms with Crippen molar-refractivity contribution < 1.29 is 8.42 Å². The molecule has 1 aromatic heterocycles. The molecule has 2 N–H and O–H groups in total. The van der Waals surface area contributed by atoms with Crippen molar-refractivity contribution in [1.29, 1.82) is 0 Å². The van der Waals surface area contributed by atoms with Gasteiger partial charge in [-0.2, -0.15) is 5.10 Å². The lowest BCUT2D eigenvalue weighted by molar-refractivity contribution is 0.578. The smallest absolute Gasteiger partial charge is 0.161 e. The van der Waals surface area contributed by atoms with Crippen molar-refractivity contribution in [1.82, 2.24) is 14.8 Å². The molecule has 0 saturated carbocycles. The number of aromatic nitrogens is 3. The topological polar surface area (TPSA) is 90.9 Å². The Kier molecular flexibility index (Phi) is 3.22. The Bertz CT molecular complexity index is 398. The summed E-state index contributed by atoms with van der Waals surface area (Å²) in [7, 11) is -1.55. The van der Waals surface area contributed by atoms with Crippen LogP contribution in [0.3, 0.4) is 0 Å². The van der Waals surface area contributed by atoms with E-state index in [4.69, 9.17) is 5.73 Å². The van der Waals surface area contributed by atoms with Crippen molar-refractivity contribution in [2.45, 2.75) is 17.9 Å². The van der Waals surface area contributed by atoms with Crippen LogP contribution in [0.2, 0.25) is 0 Å². The maximum absolute atomic E-state index is 11.6. The molecule has 1 rings (SSSR count). The first-order valence-corrected chi connectivity index (χ1v) is 5.93. The number of rotatable bonds is 4. The monoisotopic (exact) mass is 218 g/mol. The van der Waals surface area contributed by atoms with Crippen LogP contribution < -0.4 is 5.73 Å². The van der Waals surface area contributed by atoms with Crippen LogP contribution >= 0.6 is 0 Å². The molecule has 0 spiro atoms. The average molecular weight is 218 g/mol. The molecular weight excluding hydrogens is 204 g/mol. The second-order valence-electron chi connectivity index (χ2n) is 3.15. The number of sulfone groups is 1. The van der Waals surface area contributed by atoms with Gasteiger partial charge in [0, 0.05) is 13.6 Å². The first-order chi connectivity index (χ1) is 6.47. The van der Waals surface area contributed by atoms with Gasteiger partial charge in [0.15, 0.2) is 9.84 Å². The van der Waals surface area contributed by atoms with Crippen LogP contribution in [0.5, 0.6) is 0 Å². The van der Waals surface area contributed by atoms with Gasteiger partial charge in [-0.1, -0.05) is 0 Å². The molecule has 7 heteroatoms. The van der Waals surface area contributed by atoms with Crippen molar-refractivity contribution >= 4 is 9.84 Å². The van der Waals surface area contributed by atoms with Gasteiger partial charge in [-0.25, -0.2) is 13.4 Å². The Hall–Kier alpha value is -0.950. The zero-order valence-electron chi connectivity index (χ0n) is 8.21. The summed E-state index contributed by atoms with van der Waals surface area (Å²) in [5.74, 6) is 0.326. The molecule has 6 nitrogen and oxygen atoms in total. The summed E-state index contributed by atoms with van der Waals surface area (Å²) in [5.41, 5.74) is 5.30. The Labute approximate surface area is 83.0 Å². The minimum absolute atomic E-state index is 0.109. The molecule has 80 valence electrons. The Morgan fingerprint density at radius 2 is 2.29 bits per heavy atom. The fraction of sp³-hybridized carbons (Fsp3) is 0.714. The molecule has 0 saturated heterocycles. The molecule has 0 aliphatic heterocycles. The zero-order chi connectivity index (χ0) is 10.8. The fourth-order valence-electron chi connectivity index (χ4n) is 0.920. The third-order valence-corrected chi connectivity index (χ3v) is 4.16. The lowest BCUT2D eigenvalue weighted by Crippen LogP contribution is -2.28. The second-order valence-corrected chi connectivity index (χ2v) is 5.57. The van der Waals surface area contributed by atoms with Crippen LogP contribution in [0.1, 0.15) is 12.7 Å². The highest BCUT2D eigenvalue weighted by Crippen LogP contribution is 2.07. The number of nitrogens with two attached hydrogens (primary N) is 1. The van der Waals surface area contributed by atoms with Crippen LogP contribution in [0.25, 0.3) is 0 Å². The van der Waals surface area contributed by atoms with Gasteiger partial charge in [0.25, 0.3) is 0 Å². The van der Waals surface area contributed by atoms with Gasteiger partial charge in [0.1, 0.15) is 17.9 Å². The molecule has 0 aromatic carbocycles. The van der Waals surface area contributed by atoms with Crippen LogP contribution in [0, 0.1) is 0 Å². The molecule has 0 amide bonds. The summed E-state index contributed by atoms with van der Waals surface area (Å²) in [5, 5.41) is 3.25. The highest BCUT2D eigenvalue weighted by molar-refractivity contribution is 7.91. The highest BCUT2D eigenvalue weighted by Gasteiger charge is 2.21. The molecule has 0 radical (unpaired) electrons. The van der Waals surface area contributed by atoms with E-state index in [9.17, 15) is 8.42 Å². The van der Waals surface area contributed by atoms with Crippen molar-refractivity contribution in [2.24, 2.45) is 12.8 Å². The van der Waals surface area contributed by atoms with E-state index in [2.05, 4.69) is 10.1 Å². The number of hydrogen-bond acceptors (Lipinski definition) is 5. The van der Waals surface area contributed by atoms with Crippen molar-refractivity contribution in [3.05, 3.63) is 12.2 Å².